The number of anilines is 2. The molecular weight excluding hydrogens is 192 g/mol. The van der Waals surface area contributed by atoms with Gasteiger partial charge < -0.3 is 15.3 Å². The molecule has 0 fully saturated rings. The van der Waals surface area contributed by atoms with Crippen molar-refractivity contribution in [3.05, 3.63) is 11.9 Å². The van der Waals surface area contributed by atoms with Gasteiger partial charge in [0.1, 0.15) is 6.23 Å². The lowest BCUT2D eigenvalue weighted by molar-refractivity contribution is 0.183. The molecule has 1 aromatic heterocycles. The molecule has 1 atom stereocenters. The number of aliphatic hydroxyl groups excluding tert-OH is 1. The molecule has 0 aliphatic carbocycles. The quantitative estimate of drug-likeness (QED) is 0.714. The van der Waals surface area contributed by atoms with E-state index < -0.39 is 6.23 Å². The molecule has 0 aromatic carbocycles. The summed E-state index contributed by atoms with van der Waals surface area (Å²) in [6.07, 6.45) is 1.25. The van der Waals surface area contributed by atoms with Gasteiger partial charge in [0.05, 0.1) is 18.4 Å². The number of nitrogens with one attached hydrogen (secondary N) is 1. The first-order chi connectivity index (χ1) is 7.09. The van der Waals surface area contributed by atoms with Gasteiger partial charge >= 0.3 is 0 Å². The SMILES string of the molecule is CC(C)c1cnc2c(n1)N(C)C(O)CN2. The van der Waals surface area contributed by atoms with E-state index in [1.807, 2.05) is 7.05 Å². The van der Waals surface area contributed by atoms with Crippen molar-refractivity contribution in [2.24, 2.45) is 0 Å². The summed E-state index contributed by atoms with van der Waals surface area (Å²) in [5.74, 6) is 1.81. The van der Waals surface area contributed by atoms with Crippen LogP contribution in [-0.2, 0) is 0 Å². The molecule has 0 saturated carbocycles. The third kappa shape index (κ3) is 1.74. The average Bonchev–Trinajstić information content (AvgIpc) is 2.23. The number of hydrogen-bond acceptors (Lipinski definition) is 5. The Balaban J connectivity index is 2.41. The number of aromatic nitrogens is 2. The highest BCUT2D eigenvalue weighted by molar-refractivity contribution is 5.63. The Kier molecular flexibility index (Phi) is 2.48. The molecule has 1 aromatic rings. The van der Waals surface area contributed by atoms with Crippen molar-refractivity contribution < 1.29 is 5.11 Å². The number of fused-ring (bicyclic) bond motifs is 1. The Morgan fingerprint density at radius 1 is 1.60 bits per heavy atom. The van der Waals surface area contributed by atoms with Crippen LogP contribution in [0.2, 0.25) is 0 Å². The fourth-order valence-corrected chi connectivity index (χ4v) is 1.51. The Hall–Kier alpha value is -1.36. The molecule has 0 saturated heterocycles. The molecule has 0 bridgehead atoms. The molecular formula is C10H16N4O. The molecule has 5 heteroatoms. The third-order valence-electron chi connectivity index (χ3n) is 2.60. The smallest absolute Gasteiger partial charge is 0.173 e. The van der Waals surface area contributed by atoms with E-state index in [2.05, 4.69) is 29.1 Å². The summed E-state index contributed by atoms with van der Waals surface area (Å²) in [4.78, 5) is 10.5. The monoisotopic (exact) mass is 208 g/mol. The molecule has 1 unspecified atom stereocenters. The fraction of sp³-hybridized carbons (Fsp3) is 0.600. The second-order valence-electron chi connectivity index (χ2n) is 4.09. The highest BCUT2D eigenvalue weighted by atomic mass is 16.3. The summed E-state index contributed by atoms with van der Waals surface area (Å²) < 4.78 is 0. The second-order valence-corrected chi connectivity index (χ2v) is 4.09. The largest absolute Gasteiger partial charge is 0.372 e. The number of hydrogen-bond donors (Lipinski definition) is 2. The summed E-state index contributed by atoms with van der Waals surface area (Å²) in [5, 5.41) is 12.7. The van der Waals surface area contributed by atoms with Crippen LogP contribution in [0.15, 0.2) is 6.20 Å². The van der Waals surface area contributed by atoms with E-state index in [4.69, 9.17) is 0 Å². The van der Waals surface area contributed by atoms with Crippen LogP contribution in [0.5, 0.6) is 0 Å². The van der Waals surface area contributed by atoms with E-state index in [1.165, 1.54) is 0 Å². The average molecular weight is 208 g/mol. The van der Waals surface area contributed by atoms with Crippen LogP contribution in [0.1, 0.15) is 25.5 Å². The first-order valence-corrected chi connectivity index (χ1v) is 5.11. The van der Waals surface area contributed by atoms with Crippen molar-refractivity contribution in [2.45, 2.75) is 26.0 Å². The van der Waals surface area contributed by atoms with Crippen LogP contribution in [-0.4, -0.2) is 34.9 Å². The number of nitrogens with zero attached hydrogens (tertiary/aromatic N) is 3. The van der Waals surface area contributed by atoms with Gasteiger partial charge in [-0.15, -0.1) is 0 Å². The van der Waals surface area contributed by atoms with E-state index >= 15 is 0 Å². The normalized spacial score (nSPS) is 20.1. The summed E-state index contributed by atoms with van der Waals surface area (Å²) >= 11 is 0. The third-order valence-corrected chi connectivity index (χ3v) is 2.60. The molecule has 2 heterocycles. The summed E-state index contributed by atoms with van der Waals surface area (Å²) in [5.41, 5.74) is 0.941. The lowest BCUT2D eigenvalue weighted by Gasteiger charge is -2.31. The van der Waals surface area contributed by atoms with Gasteiger partial charge in [-0.3, -0.25) is 0 Å². The van der Waals surface area contributed by atoms with Crippen molar-refractivity contribution in [1.29, 1.82) is 0 Å². The lowest BCUT2D eigenvalue weighted by atomic mass is 10.1. The van der Waals surface area contributed by atoms with E-state index in [0.29, 0.717) is 12.5 Å². The summed E-state index contributed by atoms with van der Waals surface area (Å²) in [6.45, 7) is 4.63. The Labute approximate surface area is 89.2 Å². The second kappa shape index (κ2) is 3.66. The molecule has 15 heavy (non-hydrogen) atoms. The van der Waals surface area contributed by atoms with Crippen molar-refractivity contribution in [3.8, 4) is 0 Å². The molecule has 0 radical (unpaired) electrons. The minimum Gasteiger partial charge on any atom is -0.372 e. The van der Waals surface area contributed by atoms with Crippen LogP contribution in [0, 0.1) is 0 Å². The predicted molar refractivity (Wildman–Crippen MR) is 59.0 cm³/mol. The molecule has 1 aliphatic rings. The molecule has 5 nitrogen and oxygen atoms in total. The van der Waals surface area contributed by atoms with Crippen LogP contribution >= 0.6 is 0 Å². The highest BCUT2D eigenvalue weighted by Crippen LogP contribution is 2.26. The molecule has 0 amide bonds. The van der Waals surface area contributed by atoms with Gasteiger partial charge in [-0.05, 0) is 5.92 Å². The Morgan fingerprint density at radius 2 is 2.33 bits per heavy atom. The maximum absolute atomic E-state index is 9.65. The maximum atomic E-state index is 9.65. The molecule has 1 aliphatic heterocycles. The maximum Gasteiger partial charge on any atom is 0.173 e. The van der Waals surface area contributed by atoms with Crippen molar-refractivity contribution >= 4 is 11.6 Å². The highest BCUT2D eigenvalue weighted by Gasteiger charge is 2.23. The van der Waals surface area contributed by atoms with Gasteiger partial charge in [0, 0.05) is 7.05 Å². The minimum atomic E-state index is -0.533. The van der Waals surface area contributed by atoms with E-state index in [0.717, 1.165) is 17.3 Å². The van der Waals surface area contributed by atoms with Crippen LogP contribution in [0.25, 0.3) is 0 Å². The molecule has 82 valence electrons. The predicted octanol–water partition coefficient (Wildman–Crippen LogP) is 0.780. The van der Waals surface area contributed by atoms with E-state index in [1.54, 1.807) is 11.1 Å². The van der Waals surface area contributed by atoms with Gasteiger partial charge in [0.2, 0.25) is 0 Å². The Morgan fingerprint density at radius 3 is 3.00 bits per heavy atom. The summed E-state index contributed by atoms with van der Waals surface area (Å²) in [7, 11) is 1.82. The summed E-state index contributed by atoms with van der Waals surface area (Å²) in [6, 6.07) is 0. The minimum absolute atomic E-state index is 0.343. The van der Waals surface area contributed by atoms with Gasteiger partial charge in [0.15, 0.2) is 11.6 Å². The number of likely N-dealkylation sites (N-methyl/N-ethyl adjacent to an activating group) is 1. The molecule has 2 rings (SSSR count). The van der Waals surface area contributed by atoms with Gasteiger partial charge in [-0.2, -0.15) is 0 Å². The van der Waals surface area contributed by atoms with Gasteiger partial charge in [0.25, 0.3) is 0 Å². The van der Waals surface area contributed by atoms with Crippen molar-refractivity contribution in [2.75, 3.05) is 23.8 Å². The zero-order chi connectivity index (χ0) is 11.0. The topological polar surface area (TPSA) is 61.3 Å². The Bertz CT molecular complexity index is 366. The van der Waals surface area contributed by atoms with Gasteiger partial charge in [-0.25, -0.2) is 9.97 Å². The number of β-amino-alcohol motifs (C(OH)–C–C–N with tert-alkyl or cyclic N) is 1. The van der Waals surface area contributed by atoms with Crippen LogP contribution in [0.4, 0.5) is 11.6 Å². The standard InChI is InChI=1S/C10H16N4O/c1-6(2)7-4-11-9-10(13-7)14(3)8(15)5-12-9/h4,6,8,15H,5H2,1-3H3,(H,11,12). The van der Waals surface area contributed by atoms with Crippen molar-refractivity contribution in [1.82, 2.24) is 9.97 Å². The number of aliphatic hydroxyl groups is 1. The molecule has 0 spiro atoms. The van der Waals surface area contributed by atoms with Crippen LogP contribution in [0.3, 0.4) is 0 Å². The zero-order valence-electron chi connectivity index (χ0n) is 9.23. The first kappa shape index (κ1) is 10.2. The van der Waals surface area contributed by atoms with Gasteiger partial charge in [-0.1, -0.05) is 13.8 Å². The van der Waals surface area contributed by atoms with E-state index in [9.17, 15) is 5.11 Å². The number of rotatable bonds is 1. The van der Waals surface area contributed by atoms with E-state index in [-0.39, 0.29) is 0 Å². The first-order valence-electron chi connectivity index (χ1n) is 5.11. The lowest BCUT2D eigenvalue weighted by Crippen LogP contribution is -2.42. The van der Waals surface area contributed by atoms with Crippen LogP contribution < -0.4 is 10.2 Å². The molecule has 2 N–H and O–H groups in total. The zero-order valence-corrected chi connectivity index (χ0v) is 9.23. The van der Waals surface area contributed by atoms with Crippen molar-refractivity contribution in [3.63, 3.8) is 0 Å². The fourth-order valence-electron chi connectivity index (χ4n) is 1.51.